The highest BCUT2D eigenvalue weighted by molar-refractivity contribution is 5.71. The lowest BCUT2D eigenvalue weighted by molar-refractivity contribution is -0.142. The van der Waals surface area contributed by atoms with Crippen molar-refractivity contribution >= 4 is 5.97 Å². The summed E-state index contributed by atoms with van der Waals surface area (Å²) in [7, 11) is 0. The van der Waals surface area contributed by atoms with Crippen LogP contribution < -0.4 is 5.73 Å². The maximum absolute atomic E-state index is 10.7. The molecule has 17 heavy (non-hydrogen) atoms. The van der Waals surface area contributed by atoms with E-state index in [1.165, 1.54) is 38.5 Å². The molecule has 102 valence electrons. The van der Waals surface area contributed by atoms with Crippen LogP contribution in [0.2, 0.25) is 0 Å². The highest BCUT2D eigenvalue weighted by Gasteiger charge is 1.98. The van der Waals surface area contributed by atoms with Crippen molar-refractivity contribution in [3.8, 4) is 0 Å². The SMILES string of the molecule is CC(C)CCCCCCCCCOC(=O)CN. The fraction of sp³-hybridized carbons (Fsp3) is 0.929. The number of carbonyl (C=O) groups is 1. The van der Waals surface area contributed by atoms with Crippen molar-refractivity contribution in [2.45, 2.75) is 65.2 Å². The van der Waals surface area contributed by atoms with Crippen LogP contribution in [-0.2, 0) is 9.53 Å². The molecule has 0 amide bonds. The van der Waals surface area contributed by atoms with Gasteiger partial charge in [0.25, 0.3) is 0 Å². The Hall–Kier alpha value is -0.570. The average molecular weight is 243 g/mol. The Labute approximate surface area is 106 Å². The number of unbranched alkanes of at least 4 members (excludes halogenated alkanes) is 6. The first-order chi connectivity index (χ1) is 8.16. The van der Waals surface area contributed by atoms with E-state index >= 15 is 0 Å². The Morgan fingerprint density at radius 3 is 2.06 bits per heavy atom. The lowest BCUT2D eigenvalue weighted by Gasteiger charge is -2.05. The molecule has 0 saturated carbocycles. The van der Waals surface area contributed by atoms with Gasteiger partial charge in [0.1, 0.15) is 0 Å². The quantitative estimate of drug-likeness (QED) is 0.447. The first-order valence-corrected chi connectivity index (χ1v) is 7.02. The number of carbonyl (C=O) groups excluding carboxylic acids is 1. The van der Waals surface area contributed by atoms with E-state index in [0.717, 1.165) is 18.8 Å². The van der Waals surface area contributed by atoms with E-state index in [4.69, 9.17) is 10.5 Å². The standard InChI is InChI=1S/C14H29NO2/c1-13(2)10-8-6-4-3-5-7-9-11-17-14(16)12-15/h13H,3-12,15H2,1-2H3. The van der Waals surface area contributed by atoms with Gasteiger partial charge in [-0.1, -0.05) is 58.8 Å². The summed E-state index contributed by atoms with van der Waals surface area (Å²) in [5.41, 5.74) is 5.13. The second-order valence-corrected chi connectivity index (χ2v) is 5.08. The van der Waals surface area contributed by atoms with Gasteiger partial charge in [-0.3, -0.25) is 4.79 Å². The van der Waals surface area contributed by atoms with Gasteiger partial charge in [-0.2, -0.15) is 0 Å². The van der Waals surface area contributed by atoms with Crippen molar-refractivity contribution in [2.75, 3.05) is 13.2 Å². The van der Waals surface area contributed by atoms with Crippen molar-refractivity contribution < 1.29 is 9.53 Å². The van der Waals surface area contributed by atoms with E-state index in [1.807, 2.05) is 0 Å². The summed E-state index contributed by atoms with van der Waals surface area (Å²) in [5, 5.41) is 0. The van der Waals surface area contributed by atoms with Crippen molar-refractivity contribution in [1.29, 1.82) is 0 Å². The average Bonchev–Trinajstić information content (AvgIpc) is 2.30. The molecular formula is C14H29NO2. The van der Waals surface area contributed by atoms with Crippen LogP contribution in [0.15, 0.2) is 0 Å². The fourth-order valence-corrected chi connectivity index (χ4v) is 1.78. The molecule has 0 spiro atoms. The van der Waals surface area contributed by atoms with Crippen LogP contribution in [0.3, 0.4) is 0 Å². The largest absolute Gasteiger partial charge is 0.465 e. The summed E-state index contributed by atoms with van der Waals surface area (Å²) in [6, 6.07) is 0. The van der Waals surface area contributed by atoms with Gasteiger partial charge in [-0.15, -0.1) is 0 Å². The van der Waals surface area contributed by atoms with Gasteiger partial charge < -0.3 is 10.5 Å². The Kier molecular flexibility index (Phi) is 11.5. The number of rotatable bonds is 11. The maximum atomic E-state index is 10.7. The maximum Gasteiger partial charge on any atom is 0.319 e. The van der Waals surface area contributed by atoms with Crippen LogP contribution >= 0.6 is 0 Å². The molecule has 0 rings (SSSR count). The smallest absolute Gasteiger partial charge is 0.319 e. The van der Waals surface area contributed by atoms with Gasteiger partial charge in [0, 0.05) is 0 Å². The molecule has 0 atom stereocenters. The van der Waals surface area contributed by atoms with E-state index in [2.05, 4.69) is 13.8 Å². The number of hydrogen-bond acceptors (Lipinski definition) is 3. The molecule has 0 aromatic carbocycles. The predicted molar refractivity (Wildman–Crippen MR) is 71.8 cm³/mol. The molecule has 0 aliphatic heterocycles. The van der Waals surface area contributed by atoms with Gasteiger partial charge in [0.05, 0.1) is 13.2 Å². The van der Waals surface area contributed by atoms with Crippen LogP contribution in [0.25, 0.3) is 0 Å². The third-order valence-corrected chi connectivity index (χ3v) is 2.86. The topological polar surface area (TPSA) is 52.3 Å². The summed E-state index contributed by atoms with van der Waals surface area (Å²) < 4.78 is 4.90. The summed E-state index contributed by atoms with van der Waals surface area (Å²) in [5.74, 6) is 0.547. The third-order valence-electron chi connectivity index (χ3n) is 2.86. The highest BCUT2D eigenvalue weighted by Crippen LogP contribution is 2.11. The van der Waals surface area contributed by atoms with E-state index < -0.39 is 0 Å². The lowest BCUT2D eigenvalue weighted by atomic mass is 10.0. The van der Waals surface area contributed by atoms with Crippen LogP contribution in [0.4, 0.5) is 0 Å². The molecule has 0 unspecified atom stereocenters. The molecule has 0 saturated heterocycles. The molecule has 0 aliphatic carbocycles. The van der Waals surface area contributed by atoms with Gasteiger partial charge in [-0.05, 0) is 12.3 Å². The van der Waals surface area contributed by atoms with Crippen molar-refractivity contribution in [3.63, 3.8) is 0 Å². The molecule has 3 nitrogen and oxygen atoms in total. The van der Waals surface area contributed by atoms with Crippen molar-refractivity contribution in [2.24, 2.45) is 11.7 Å². The number of hydrogen-bond donors (Lipinski definition) is 1. The van der Waals surface area contributed by atoms with Crippen LogP contribution in [-0.4, -0.2) is 19.1 Å². The van der Waals surface area contributed by atoms with Crippen LogP contribution in [0.1, 0.15) is 65.2 Å². The molecule has 0 fully saturated rings. The Balaban J connectivity index is 3.01. The molecule has 0 aromatic heterocycles. The Bertz CT molecular complexity index is 181. The van der Waals surface area contributed by atoms with E-state index in [-0.39, 0.29) is 12.5 Å². The second kappa shape index (κ2) is 11.9. The molecule has 3 heteroatoms. The summed E-state index contributed by atoms with van der Waals surface area (Å²) >= 11 is 0. The van der Waals surface area contributed by atoms with Gasteiger partial charge in [0.2, 0.25) is 0 Å². The molecule has 0 aromatic rings. The second-order valence-electron chi connectivity index (χ2n) is 5.08. The molecule has 0 heterocycles. The zero-order valence-electron chi connectivity index (χ0n) is 11.5. The fourth-order valence-electron chi connectivity index (χ4n) is 1.78. The molecular weight excluding hydrogens is 214 g/mol. The monoisotopic (exact) mass is 243 g/mol. The van der Waals surface area contributed by atoms with Gasteiger partial charge in [0.15, 0.2) is 0 Å². The Morgan fingerprint density at radius 1 is 1.00 bits per heavy atom. The van der Waals surface area contributed by atoms with Crippen molar-refractivity contribution in [3.05, 3.63) is 0 Å². The summed E-state index contributed by atoms with van der Waals surface area (Å²) in [6.07, 6.45) is 10.1. The summed E-state index contributed by atoms with van der Waals surface area (Å²) in [6.45, 7) is 5.09. The minimum absolute atomic E-state index is 0.00412. The first kappa shape index (κ1) is 16.4. The predicted octanol–water partition coefficient (Wildman–Crippen LogP) is 3.27. The molecule has 2 N–H and O–H groups in total. The zero-order valence-corrected chi connectivity index (χ0v) is 11.5. The first-order valence-electron chi connectivity index (χ1n) is 7.02. The lowest BCUT2D eigenvalue weighted by Crippen LogP contribution is -2.17. The summed E-state index contributed by atoms with van der Waals surface area (Å²) in [4.78, 5) is 10.7. The van der Waals surface area contributed by atoms with Crippen LogP contribution in [0, 0.1) is 5.92 Å². The minimum atomic E-state index is -0.293. The third kappa shape index (κ3) is 13.4. The van der Waals surface area contributed by atoms with E-state index in [1.54, 1.807) is 0 Å². The van der Waals surface area contributed by atoms with Crippen LogP contribution in [0.5, 0.6) is 0 Å². The molecule has 0 bridgehead atoms. The normalized spacial score (nSPS) is 10.8. The van der Waals surface area contributed by atoms with E-state index in [0.29, 0.717) is 6.61 Å². The number of ether oxygens (including phenoxy) is 1. The molecule has 0 aliphatic rings. The number of esters is 1. The van der Waals surface area contributed by atoms with Gasteiger partial charge in [-0.25, -0.2) is 0 Å². The zero-order chi connectivity index (χ0) is 12.9. The molecule has 0 radical (unpaired) electrons. The van der Waals surface area contributed by atoms with E-state index in [9.17, 15) is 4.79 Å². The van der Waals surface area contributed by atoms with Crippen molar-refractivity contribution in [1.82, 2.24) is 0 Å². The Morgan fingerprint density at radius 2 is 1.53 bits per heavy atom. The highest BCUT2D eigenvalue weighted by atomic mass is 16.5. The number of nitrogens with two attached hydrogens (primary N) is 1. The van der Waals surface area contributed by atoms with Gasteiger partial charge >= 0.3 is 5.97 Å². The minimum Gasteiger partial charge on any atom is -0.465 e.